The number of benzene rings is 1. The van der Waals surface area contributed by atoms with E-state index >= 15 is 0 Å². The van der Waals surface area contributed by atoms with Crippen molar-refractivity contribution < 1.29 is 5.11 Å². The van der Waals surface area contributed by atoms with Crippen LogP contribution in [0.3, 0.4) is 0 Å². The Morgan fingerprint density at radius 1 is 0.964 bits per heavy atom. The highest BCUT2D eigenvalue weighted by Crippen LogP contribution is 2.57. The maximum atomic E-state index is 11.9. The molecule has 0 saturated heterocycles. The molecule has 28 heavy (non-hydrogen) atoms. The van der Waals surface area contributed by atoms with Crippen molar-refractivity contribution in [2.75, 3.05) is 5.75 Å². The number of hydrogen-bond donors (Lipinski definition) is 2. The van der Waals surface area contributed by atoms with Crippen LogP contribution in [0.25, 0.3) is 0 Å². The Bertz CT molecular complexity index is 582. The zero-order chi connectivity index (χ0) is 21.4. The van der Waals surface area contributed by atoms with Crippen molar-refractivity contribution in [3.63, 3.8) is 0 Å². The second-order valence-corrected chi connectivity index (χ2v) is 9.87. The minimum atomic E-state index is -0.676. The van der Waals surface area contributed by atoms with Gasteiger partial charge in [0.25, 0.3) is 0 Å². The third kappa shape index (κ3) is 5.57. The van der Waals surface area contributed by atoms with E-state index in [9.17, 15) is 5.11 Å². The molecule has 0 saturated carbocycles. The fraction of sp³-hybridized carbons (Fsp3) is 0.769. The van der Waals surface area contributed by atoms with E-state index in [0.717, 1.165) is 37.9 Å². The highest BCUT2D eigenvalue weighted by atomic mass is 32.1. The van der Waals surface area contributed by atoms with Gasteiger partial charge in [0.05, 0.1) is 5.60 Å². The van der Waals surface area contributed by atoms with E-state index in [1.54, 1.807) is 0 Å². The predicted molar refractivity (Wildman–Crippen MR) is 129 cm³/mol. The second kappa shape index (κ2) is 11.6. The Hall–Kier alpha value is -0.470. The van der Waals surface area contributed by atoms with Crippen molar-refractivity contribution in [3.05, 3.63) is 34.4 Å². The minimum absolute atomic E-state index is 0.0805. The third-order valence-electron chi connectivity index (χ3n) is 6.74. The third-order valence-corrected chi connectivity index (χ3v) is 7.06. The molecule has 1 aliphatic carbocycles. The van der Waals surface area contributed by atoms with Crippen LogP contribution in [0, 0.1) is 25.2 Å². The zero-order valence-corrected chi connectivity index (χ0v) is 20.6. The van der Waals surface area contributed by atoms with Crippen molar-refractivity contribution in [3.8, 4) is 0 Å². The maximum Gasteiger partial charge on any atom is 0.0983 e. The van der Waals surface area contributed by atoms with Crippen LogP contribution in [-0.2, 0) is 12.0 Å². The molecule has 1 aromatic rings. The minimum Gasteiger partial charge on any atom is -0.384 e. The summed E-state index contributed by atoms with van der Waals surface area (Å²) >= 11 is 4.09. The van der Waals surface area contributed by atoms with E-state index in [0.29, 0.717) is 5.92 Å². The van der Waals surface area contributed by atoms with Gasteiger partial charge in [0.15, 0.2) is 0 Å². The normalized spacial score (nSPS) is 20.1. The molecule has 0 radical (unpaired) electrons. The van der Waals surface area contributed by atoms with Gasteiger partial charge in [-0.2, -0.15) is 12.6 Å². The van der Waals surface area contributed by atoms with Gasteiger partial charge in [-0.3, -0.25) is 0 Å². The van der Waals surface area contributed by atoms with E-state index in [1.807, 2.05) is 0 Å². The first-order valence-electron chi connectivity index (χ1n) is 11.6. The van der Waals surface area contributed by atoms with Crippen LogP contribution in [-0.4, -0.2) is 10.9 Å². The van der Waals surface area contributed by atoms with Crippen molar-refractivity contribution >= 4 is 12.6 Å². The average Bonchev–Trinajstić information content (AvgIpc) is 2.86. The lowest BCUT2D eigenvalue weighted by molar-refractivity contribution is -0.113. The highest BCUT2D eigenvalue weighted by Gasteiger charge is 2.55. The van der Waals surface area contributed by atoms with Crippen LogP contribution in [0.1, 0.15) is 108 Å². The Kier molecular flexibility index (Phi) is 10.6. The standard InChI is InChI=1S/C20H32O.C6H14S/c1-7-9-17(10-8-2)20(21)18-15(4)14(3)11-12-16(18)13-19(20,5)6;1-2-3-4-5-6-7/h11-12,17,21H,7-10,13H2,1-6H3;7H,2-6H2,1H3. The number of unbranched alkanes of at least 4 members (excludes halogenated alkanes) is 3. The molecule has 0 aliphatic heterocycles. The van der Waals surface area contributed by atoms with Gasteiger partial charge in [-0.25, -0.2) is 0 Å². The Morgan fingerprint density at radius 2 is 1.57 bits per heavy atom. The maximum absolute atomic E-state index is 11.9. The van der Waals surface area contributed by atoms with Gasteiger partial charge in [-0.1, -0.05) is 78.9 Å². The lowest BCUT2D eigenvalue weighted by Gasteiger charge is -2.44. The molecule has 1 atom stereocenters. The summed E-state index contributed by atoms with van der Waals surface area (Å²) in [5, 5.41) is 11.9. The first kappa shape index (κ1) is 25.6. The van der Waals surface area contributed by atoms with E-state index in [1.165, 1.54) is 47.9 Å². The highest BCUT2D eigenvalue weighted by molar-refractivity contribution is 7.80. The van der Waals surface area contributed by atoms with E-state index in [-0.39, 0.29) is 5.41 Å². The van der Waals surface area contributed by atoms with Gasteiger partial charge in [-0.05, 0) is 73.5 Å². The summed E-state index contributed by atoms with van der Waals surface area (Å²) in [7, 11) is 0. The largest absolute Gasteiger partial charge is 0.384 e. The molecule has 1 nitrogen and oxygen atoms in total. The zero-order valence-electron chi connectivity index (χ0n) is 19.7. The average molecular weight is 407 g/mol. The van der Waals surface area contributed by atoms with Crippen LogP contribution in [0.5, 0.6) is 0 Å². The van der Waals surface area contributed by atoms with Crippen molar-refractivity contribution in [1.82, 2.24) is 0 Å². The molecule has 1 aromatic carbocycles. The predicted octanol–water partition coefficient (Wildman–Crippen LogP) is 7.79. The molecule has 0 aromatic heterocycles. The fourth-order valence-corrected chi connectivity index (χ4v) is 5.28. The number of aliphatic hydroxyl groups is 1. The lowest BCUT2D eigenvalue weighted by atomic mass is 9.65. The molecule has 0 spiro atoms. The summed E-state index contributed by atoms with van der Waals surface area (Å²) in [6, 6.07) is 4.46. The molecule has 1 unspecified atom stereocenters. The first-order valence-corrected chi connectivity index (χ1v) is 12.3. The summed E-state index contributed by atoms with van der Waals surface area (Å²) in [5.74, 6) is 1.42. The van der Waals surface area contributed by atoms with Gasteiger partial charge < -0.3 is 5.11 Å². The molecule has 2 rings (SSSR count). The number of hydrogen-bond acceptors (Lipinski definition) is 2. The summed E-state index contributed by atoms with van der Waals surface area (Å²) < 4.78 is 0. The second-order valence-electron chi connectivity index (χ2n) is 9.43. The molecule has 1 aliphatic rings. The number of aryl methyl sites for hydroxylation is 1. The van der Waals surface area contributed by atoms with Gasteiger partial charge in [0.2, 0.25) is 0 Å². The molecule has 1 N–H and O–H groups in total. The van der Waals surface area contributed by atoms with Crippen LogP contribution in [0.2, 0.25) is 0 Å². The van der Waals surface area contributed by atoms with Gasteiger partial charge >= 0.3 is 0 Å². The lowest BCUT2D eigenvalue weighted by Crippen LogP contribution is -2.45. The van der Waals surface area contributed by atoms with E-state index < -0.39 is 5.60 Å². The number of rotatable bonds is 9. The Labute approximate surface area is 181 Å². The van der Waals surface area contributed by atoms with E-state index in [2.05, 4.69) is 73.2 Å². The molecule has 162 valence electrons. The molecule has 0 heterocycles. The van der Waals surface area contributed by atoms with Gasteiger partial charge in [-0.15, -0.1) is 0 Å². The fourth-order valence-electron chi connectivity index (χ4n) is 5.05. The first-order chi connectivity index (χ1) is 13.2. The topological polar surface area (TPSA) is 20.2 Å². The molecule has 2 heteroatoms. The van der Waals surface area contributed by atoms with Crippen molar-refractivity contribution in [1.29, 1.82) is 0 Å². The smallest absolute Gasteiger partial charge is 0.0983 e. The summed E-state index contributed by atoms with van der Waals surface area (Å²) in [4.78, 5) is 0. The molecular weight excluding hydrogens is 360 g/mol. The summed E-state index contributed by atoms with van der Waals surface area (Å²) in [5.41, 5.74) is 4.46. The van der Waals surface area contributed by atoms with E-state index in [4.69, 9.17) is 0 Å². The van der Waals surface area contributed by atoms with Crippen LogP contribution >= 0.6 is 12.6 Å². The molecule has 0 bridgehead atoms. The van der Waals surface area contributed by atoms with Gasteiger partial charge in [0.1, 0.15) is 0 Å². The van der Waals surface area contributed by atoms with Crippen LogP contribution in [0.4, 0.5) is 0 Å². The molecule has 0 fully saturated rings. The number of fused-ring (bicyclic) bond motifs is 1. The van der Waals surface area contributed by atoms with Crippen molar-refractivity contribution in [2.45, 2.75) is 112 Å². The summed E-state index contributed by atoms with van der Waals surface area (Å²) in [6.45, 7) is 15.5. The molecule has 0 amide bonds. The van der Waals surface area contributed by atoms with Crippen LogP contribution < -0.4 is 0 Å². The van der Waals surface area contributed by atoms with Gasteiger partial charge in [0, 0.05) is 5.41 Å². The summed E-state index contributed by atoms with van der Waals surface area (Å²) in [6.07, 6.45) is 10.9. The Morgan fingerprint density at radius 3 is 2.07 bits per heavy atom. The Balaban J connectivity index is 0.000000480. The van der Waals surface area contributed by atoms with Crippen molar-refractivity contribution in [2.24, 2.45) is 11.3 Å². The van der Waals surface area contributed by atoms with Crippen LogP contribution in [0.15, 0.2) is 12.1 Å². The number of thiol groups is 1. The SMILES string of the molecule is CCCC(CCC)C1(O)c2c(ccc(C)c2C)CC1(C)C.CCCCCCS. The molecular formula is C26H46OS. The quantitative estimate of drug-likeness (QED) is 0.317. The monoisotopic (exact) mass is 406 g/mol.